The van der Waals surface area contributed by atoms with Crippen LogP contribution in [0.2, 0.25) is 5.02 Å². The van der Waals surface area contributed by atoms with Gasteiger partial charge in [-0.3, -0.25) is 4.79 Å². The molecule has 0 spiro atoms. The first-order valence-corrected chi connectivity index (χ1v) is 8.24. The second kappa shape index (κ2) is 8.11. The van der Waals surface area contributed by atoms with E-state index >= 15 is 0 Å². The normalized spacial score (nSPS) is 12.1. The summed E-state index contributed by atoms with van der Waals surface area (Å²) in [7, 11) is 1.60. The topological polar surface area (TPSA) is 63.3 Å². The van der Waals surface area contributed by atoms with Crippen LogP contribution in [0.3, 0.4) is 0 Å². The van der Waals surface area contributed by atoms with Gasteiger partial charge in [-0.25, -0.2) is 0 Å². The molecule has 0 aliphatic carbocycles. The van der Waals surface area contributed by atoms with Crippen molar-refractivity contribution < 1.29 is 14.3 Å². The standard InChI is InChI=1S/C18H23ClN2O3/c1-11(2)10-24-16-6-5-13(7-17(16)23-4)12(3)21-18(22)15-8-14(19)9-20-15/h5-9,11-12,20H,10H2,1-4H3,(H,21,22). The van der Waals surface area contributed by atoms with E-state index in [9.17, 15) is 4.79 Å². The van der Waals surface area contributed by atoms with Gasteiger partial charge in [-0.05, 0) is 36.6 Å². The maximum Gasteiger partial charge on any atom is 0.268 e. The Balaban J connectivity index is 2.08. The van der Waals surface area contributed by atoms with E-state index in [0.29, 0.717) is 34.7 Å². The lowest BCUT2D eigenvalue weighted by molar-refractivity contribution is 0.0935. The molecule has 1 amide bonds. The molecule has 0 saturated heterocycles. The molecule has 2 aromatic rings. The van der Waals surface area contributed by atoms with Gasteiger partial charge in [-0.2, -0.15) is 0 Å². The van der Waals surface area contributed by atoms with Gasteiger partial charge in [0.2, 0.25) is 0 Å². The first-order chi connectivity index (χ1) is 11.4. The summed E-state index contributed by atoms with van der Waals surface area (Å²) in [6.45, 7) is 6.71. The number of hydrogen-bond donors (Lipinski definition) is 2. The van der Waals surface area contributed by atoms with Crippen molar-refractivity contribution in [1.82, 2.24) is 10.3 Å². The molecule has 6 heteroatoms. The van der Waals surface area contributed by atoms with E-state index in [-0.39, 0.29) is 11.9 Å². The first-order valence-electron chi connectivity index (χ1n) is 7.86. The van der Waals surface area contributed by atoms with E-state index in [2.05, 4.69) is 24.1 Å². The van der Waals surface area contributed by atoms with Gasteiger partial charge >= 0.3 is 0 Å². The van der Waals surface area contributed by atoms with Crippen molar-refractivity contribution in [3.63, 3.8) is 0 Å². The Morgan fingerprint density at radius 1 is 1.25 bits per heavy atom. The van der Waals surface area contributed by atoms with E-state index in [4.69, 9.17) is 21.1 Å². The molecule has 5 nitrogen and oxygen atoms in total. The third kappa shape index (κ3) is 4.68. The zero-order chi connectivity index (χ0) is 17.7. The maximum atomic E-state index is 12.2. The largest absolute Gasteiger partial charge is 0.493 e. The number of amides is 1. The fraction of sp³-hybridized carbons (Fsp3) is 0.389. The van der Waals surface area contributed by atoms with Gasteiger partial charge in [0, 0.05) is 6.20 Å². The lowest BCUT2D eigenvalue weighted by Crippen LogP contribution is -2.26. The van der Waals surface area contributed by atoms with Crippen molar-refractivity contribution in [2.75, 3.05) is 13.7 Å². The zero-order valence-corrected chi connectivity index (χ0v) is 15.1. The van der Waals surface area contributed by atoms with Gasteiger partial charge in [0.25, 0.3) is 5.91 Å². The summed E-state index contributed by atoms with van der Waals surface area (Å²) in [5, 5.41) is 3.42. The molecule has 0 aliphatic rings. The number of aromatic nitrogens is 1. The van der Waals surface area contributed by atoms with E-state index in [1.165, 1.54) is 0 Å². The highest BCUT2D eigenvalue weighted by Gasteiger charge is 2.15. The molecule has 1 aromatic carbocycles. The second-order valence-electron chi connectivity index (χ2n) is 6.04. The highest BCUT2D eigenvalue weighted by molar-refractivity contribution is 6.30. The Kier molecular flexibility index (Phi) is 6.15. The van der Waals surface area contributed by atoms with Crippen LogP contribution in [0.15, 0.2) is 30.5 Å². The lowest BCUT2D eigenvalue weighted by Gasteiger charge is -2.17. The zero-order valence-electron chi connectivity index (χ0n) is 14.4. The van der Waals surface area contributed by atoms with Crippen LogP contribution in [-0.4, -0.2) is 24.6 Å². The number of H-pyrrole nitrogens is 1. The Morgan fingerprint density at radius 2 is 2.00 bits per heavy atom. The van der Waals surface area contributed by atoms with Gasteiger partial charge in [0.15, 0.2) is 11.5 Å². The maximum absolute atomic E-state index is 12.2. The molecule has 0 aliphatic heterocycles. The third-order valence-electron chi connectivity index (χ3n) is 3.50. The van der Waals surface area contributed by atoms with Crippen molar-refractivity contribution in [3.8, 4) is 11.5 Å². The average Bonchev–Trinajstić information content (AvgIpc) is 2.99. The van der Waals surface area contributed by atoms with E-state index in [1.807, 2.05) is 25.1 Å². The van der Waals surface area contributed by atoms with Gasteiger partial charge < -0.3 is 19.8 Å². The number of rotatable bonds is 7. The molecule has 0 saturated carbocycles. The molecule has 2 N–H and O–H groups in total. The minimum absolute atomic E-state index is 0.187. The third-order valence-corrected chi connectivity index (χ3v) is 3.72. The number of ether oxygens (including phenoxy) is 2. The molecule has 0 fully saturated rings. The number of carbonyl (C=O) groups excluding carboxylic acids is 1. The number of aromatic amines is 1. The SMILES string of the molecule is COc1cc(C(C)NC(=O)c2cc(Cl)c[nH]2)ccc1OCC(C)C. The molecule has 2 rings (SSSR count). The predicted molar refractivity (Wildman–Crippen MR) is 95.0 cm³/mol. The van der Waals surface area contributed by atoms with Gasteiger partial charge in [0.1, 0.15) is 5.69 Å². The molecular weight excluding hydrogens is 328 g/mol. The highest BCUT2D eigenvalue weighted by atomic mass is 35.5. The number of halogens is 1. The van der Waals surface area contributed by atoms with Crippen LogP contribution in [0, 0.1) is 5.92 Å². The number of methoxy groups -OCH3 is 1. The van der Waals surface area contributed by atoms with Crippen LogP contribution < -0.4 is 14.8 Å². The summed E-state index contributed by atoms with van der Waals surface area (Å²) >= 11 is 5.83. The molecule has 1 heterocycles. The van der Waals surface area contributed by atoms with Gasteiger partial charge in [-0.1, -0.05) is 31.5 Å². The summed E-state index contributed by atoms with van der Waals surface area (Å²) in [4.78, 5) is 15.0. The summed E-state index contributed by atoms with van der Waals surface area (Å²) < 4.78 is 11.1. The van der Waals surface area contributed by atoms with Crippen LogP contribution in [0.1, 0.15) is 42.9 Å². The quantitative estimate of drug-likeness (QED) is 0.786. The molecule has 0 bridgehead atoms. The average molecular weight is 351 g/mol. The fourth-order valence-corrected chi connectivity index (χ4v) is 2.35. The van der Waals surface area contributed by atoms with Crippen molar-refractivity contribution in [1.29, 1.82) is 0 Å². The van der Waals surface area contributed by atoms with Gasteiger partial charge in [0.05, 0.1) is 24.8 Å². The number of carbonyl (C=O) groups is 1. The van der Waals surface area contributed by atoms with Crippen LogP contribution in [0.4, 0.5) is 0 Å². The van der Waals surface area contributed by atoms with Gasteiger partial charge in [-0.15, -0.1) is 0 Å². The predicted octanol–water partition coefficient (Wildman–Crippen LogP) is 4.20. The molecular formula is C18H23ClN2O3. The minimum atomic E-state index is -0.214. The van der Waals surface area contributed by atoms with E-state index in [0.717, 1.165) is 5.56 Å². The van der Waals surface area contributed by atoms with E-state index < -0.39 is 0 Å². The number of benzene rings is 1. The first kappa shape index (κ1) is 18.2. The van der Waals surface area contributed by atoms with Crippen molar-refractivity contribution in [2.45, 2.75) is 26.8 Å². The van der Waals surface area contributed by atoms with Crippen LogP contribution in [0.25, 0.3) is 0 Å². The van der Waals surface area contributed by atoms with Crippen LogP contribution in [-0.2, 0) is 0 Å². The number of nitrogens with one attached hydrogen (secondary N) is 2. The molecule has 1 unspecified atom stereocenters. The van der Waals surface area contributed by atoms with E-state index in [1.54, 1.807) is 19.4 Å². The van der Waals surface area contributed by atoms with Crippen molar-refractivity contribution in [3.05, 3.63) is 46.7 Å². The monoisotopic (exact) mass is 350 g/mol. The molecule has 24 heavy (non-hydrogen) atoms. The molecule has 0 radical (unpaired) electrons. The lowest BCUT2D eigenvalue weighted by atomic mass is 10.1. The minimum Gasteiger partial charge on any atom is -0.493 e. The highest BCUT2D eigenvalue weighted by Crippen LogP contribution is 2.30. The molecule has 1 atom stereocenters. The summed E-state index contributed by atoms with van der Waals surface area (Å²) in [6, 6.07) is 7.07. The summed E-state index contributed by atoms with van der Waals surface area (Å²) in [6.07, 6.45) is 1.57. The smallest absolute Gasteiger partial charge is 0.268 e. The molecule has 1 aromatic heterocycles. The summed E-state index contributed by atoms with van der Waals surface area (Å²) in [5.41, 5.74) is 1.35. The number of hydrogen-bond acceptors (Lipinski definition) is 3. The Hall–Kier alpha value is -2.14. The Bertz CT molecular complexity index is 697. The van der Waals surface area contributed by atoms with Crippen molar-refractivity contribution >= 4 is 17.5 Å². The second-order valence-corrected chi connectivity index (χ2v) is 6.48. The van der Waals surface area contributed by atoms with Crippen molar-refractivity contribution in [2.24, 2.45) is 5.92 Å². The van der Waals surface area contributed by atoms with Crippen LogP contribution in [0.5, 0.6) is 11.5 Å². The summed E-state index contributed by atoms with van der Waals surface area (Å²) in [5.74, 6) is 1.57. The van der Waals surface area contributed by atoms with Crippen LogP contribution >= 0.6 is 11.6 Å². The Labute approximate surface area is 147 Å². The molecule has 130 valence electrons. The fourth-order valence-electron chi connectivity index (χ4n) is 2.19. The Morgan fingerprint density at radius 3 is 2.58 bits per heavy atom.